The van der Waals surface area contributed by atoms with Gasteiger partial charge in [-0.05, 0) is 66.6 Å². The van der Waals surface area contributed by atoms with Crippen LogP contribution >= 0.6 is 0 Å². The van der Waals surface area contributed by atoms with Crippen LogP contribution in [0, 0.1) is 20.8 Å². The number of nitrogens with zero attached hydrogens (tertiary/aromatic N) is 3. The van der Waals surface area contributed by atoms with Gasteiger partial charge >= 0.3 is 0 Å². The maximum absolute atomic E-state index is 14.1. The maximum Gasteiger partial charge on any atom is 0.262 e. The zero-order valence-electron chi connectivity index (χ0n) is 22.2. The van der Waals surface area contributed by atoms with Gasteiger partial charge in [0.05, 0.1) is 29.2 Å². The normalized spacial score (nSPS) is 13.2. The molecule has 0 fully saturated rings. The minimum Gasteiger partial charge on any atom is -0.366 e. The number of rotatable bonds is 4. The fourth-order valence-electron chi connectivity index (χ4n) is 5.08. The van der Waals surface area contributed by atoms with Crippen LogP contribution < -0.4 is 10.6 Å². The van der Waals surface area contributed by atoms with Crippen molar-refractivity contribution in [1.82, 2.24) is 9.78 Å². The van der Waals surface area contributed by atoms with E-state index in [-0.39, 0.29) is 11.3 Å². The molecule has 37 heavy (non-hydrogen) atoms. The van der Waals surface area contributed by atoms with Gasteiger partial charge in [0.25, 0.3) is 5.91 Å². The van der Waals surface area contributed by atoms with Gasteiger partial charge in [-0.25, -0.2) is 4.68 Å². The maximum atomic E-state index is 14.1. The van der Waals surface area contributed by atoms with Gasteiger partial charge in [0.2, 0.25) is 5.91 Å². The van der Waals surface area contributed by atoms with Crippen molar-refractivity contribution in [2.24, 2.45) is 5.73 Å². The highest BCUT2D eigenvalue weighted by atomic mass is 16.2. The number of aryl methyl sites for hydroxylation is 3. The number of fused-ring (bicyclic) bond motifs is 1. The first-order chi connectivity index (χ1) is 17.5. The van der Waals surface area contributed by atoms with Crippen molar-refractivity contribution >= 4 is 17.5 Å². The highest BCUT2D eigenvalue weighted by molar-refractivity contribution is 6.14. The van der Waals surface area contributed by atoms with Gasteiger partial charge in [0, 0.05) is 16.8 Å². The quantitative estimate of drug-likeness (QED) is 0.378. The summed E-state index contributed by atoms with van der Waals surface area (Å²) < 4.78 is 1.89. The predicted octanol–water partition coefficient (Wildman–Crippen LogP) is 6.02. The lowest BCUT2D eigenvalue weighted by Crippen LogP contribution is -2.26. The van der Waals surface area contributed by atoms with Crippen LogP contribution in [0.2, 0.25) is 0 Å². The van der Waals surface area contributed by atoms with Gasteiger partial charge in [-0.3, -0.25) is 9.59 Å². The van der Waals surface area contributed by atoms with E-state index in [2.05, 4.69) is 39.0 Å². The molecule has 3 aromatic carbocycles. The topological polar surface area (TPSA) is 81.2 Å². The van der Waals surface area contributed by atoms with Gasteiger partial charge in [-0.15, -0.1) is 0 Å². The first kappa shape index (κ1) is 24.5. The molecule has 1 aromatic heterocycles. The van der Waals surface area contributed by atoms with Crippen molar-refractivity contribution in [3.8, 4) is 16.9 Å². The number of primary amides is 1. The molecule has 0 aliphatic carbocycles. The van der Waals surface area contributed by atoms with E-state index in [9.17, 15) is 9.59 Å². The Morgan fingerprint density at radius 3 is 2.16 bits per heavy atom. The molecule has 0 atom stereocenters. The summed E-state index contributed by atoms with van der Waals surface area (Å²) >= 11 is 0. The number of hydrogen-bond acceptors (Lipinski definition) is 3. The molecule has 0 saturated heterocycles. The van der Waals surface area contributed by atoms with Crippen molar-refractivity contribution in [3.05, 3.63) is 99.7 Å². The fourth-order valence-corrected chi connectivity index (χ4v) is 5.08. The summed E-state index contributed by atoms with van der Waals surface area (Å²) in [5.41, 5.74) is 14.9. The molecule has 0 bridgehead atoms. The van der Waals surface area contributed by atoms with Crippen molar-refractivity contribution < 1.29 is 9.59 Å². The number of carbonyl (C=O) groups is 2. The molecule has 2 N–H and O–H groups in total. The molecule has 2 heterocycles. The molecule has 6 heteroatoms. The van der Waals surface area contributed by atoms with E-state index in [1.807, 2.05) is 60.7 Å². The van der Waals surface area contributed by atoms with Gasteiger partial charge in [-0.2, -0.15) is 5.10 Å². The first-order valence-electron chi connectivity index (χ1n) is 12.5. The minimum atomic E-state index is -0.489. The molecular weight excluding hydrogens is 460 g/mol. The smallest absolute Gasteiger partial charge is 0.262 e. The van der Waals surface area contributed by atoms with Crippen molar-refractivity contribution in [2.75, 3.05) is 4.90 Å². The summed E-state index contributed by atoms with van der Waals surface area (Å²) in [5.74, 6) is -0.563. The number of aromatic nitrogens is 2. The molecule has 0 unspecified atom stereocenters. The van der Waals surface area contributed by atoms with E-state index in [1.54, 1.807) is 12.1 Å². The zero-order valence-corrected chi connectivity index (χ0v) is 22.2. The number of para-hydroxylation sites is 1. The van der Waals surface area contributed by atoms with Crippen LogP contribution in [0.3, 0.4) is 0 Å². The highest BCUT2D eigenvalue weighted by Gasteiger charge is 2.37. The molecule has 188 valence electrons. The third-order valence-corrected chi connectivity index (χ3v) is 7.18. The van der Waals surface area contributed by atoms with Gasteiger partial charge < -0.3 is 10.6 Å². The molecule has 1 aliphatic heterocycles. The van der Waals surface area contributed by atoms with E-state index in [4.69, 9.17) is 10.8 Å². The second kappa shape index (κ2) is 8.73. The molecular formula is C31H32N4O2. The second-order valence-electron chi connectivity index (χ2n) is 10.9. The molecule has 6 nitrogen and oxygen atoms in total. The molecule has 4 aromatic rings. The summed E-state index contributed by atoms with van der Waals surface area (Å²) in [6.45, 7) is 13.0. The third kappa shape index (κ3) is 4.12. The molecule has 5 rings (SSSR count). The highest BCUT2D eigenvalue weighted by Crippen LogP contribution is 2.39. The second-order valence-corrected chi connectivity index (χ2v) is 10.9. The molecule has 1 aliphatic rings. The van der Waals surface area contributed by atoms with Crippen molar-refractivity contribution in [1.29, 1.82) is 0 Å². The zero-order chi connectivity index (χ0) is 26.6. The molecule has 2 amide bonds. The van der Waals surface area contributed by atoms with Crippen LogP contribution in [-0.2, 0) is 12.0 Å². The van der Waals surface area contributed by atoms with E-state index in [0.29, 0.717) is 17.7 Å². The van der Waals surface area contributed by atoms with E-state index in [1.165, 1.54) is 5.56 Å². The molecule has 0 saturated carbocycles. The van der Waals surface area contributed by atoms with E-state index in [0.717, 1.165) is 45.0 Å². The number of anilines is 1. The Labute approximate surface area is 217 Å². The first-order valence-corrected chi connectivity index (χ1v) is 12.5. The van der Waals surface area contributed by atoms with Crippen LogP contribution in [0.15, 0.2) is 60.7 Å². The Kier molecular flexibility index (Phi) is 5.78. The fraction of sp³-hybridized carbons (Fsp3) is 0.258. The molecule has 0 spiro atoms. The number of amides is 2. The Morgan fingerprint density at radius 1 is 0.919 bits per heavy atom. The summed E-state index contributed by atoms with van der Waals surface area (Å²) in [7, 11) is 0. The molecule has 0 radical (unpaired) electrons. The van der Waals surface area contributed by atoms with Crippen LogP contribution in [0.1, 0.15) is 69.4 Å². The van der Waals surface area contributed by atoms with Gasteiger partial charge in [-0.1, -0.05) is 63.2 Å². The van der Waals surface area contributed by atoms with Crippen LogP contribution in [0.4, 0.5) is 5.69 Å². The summed E-state index contributed by atoms with van der Waals surface area (Å²) in [4.78, 5) is 27.6. The summed E-state index contributed by atoms with van der Waals surface area (Å²) in [5, 5.41) is 5.01. The van der Waals surface area contributed by atoms with Crippen molar-refractivity contribution in [2.45, 2.75) is 53.5 Å². The van der Waals surface area contributed by atoms with E-state index < -0.39 is 5.91 Å². The van der Waals surface area contributed by atoms with Gasteiger partial charge in [0.15, 0.2) is 0 Å². The number of benzene rings is 3. The lowest BCUT2D eigenvalue weighted by molar-refractivity contribution is 0.0990. The number of carbonyl (C=O) groups excluding carboxylic acids is 2. The lowest BCUT2D eigenvalue weighted by Gasteiger charge is -2.25. The van der Waals surface area contributed by atoms with Crippen molar-refractivity contribution in [3.63, 3.8) is 0 Å². The van der Waals surface area contributed by atoms with Crippen LogP contribution in [0.5, 0.6) is 0 Å². The van der Waals surface area contributed by atoms with Crippen LogP contribution in [0.25, 0.3) is 16.9 Å². The van der Waals surface area contributed by atoms with Crippen LogP contribution in [-0.4, -0.2) is 21.6 Å². The summed E-state index contributed by atoms with van der Waals surface area (Å²) in [6.07, 6.45) is 0. The third-order valence-electron chi connectivity index (χ3n) is 7.18. The Hall–Kier alpha value is -4.19. The summed E-state index contributed by atoms with van der Waals surface area (Å²) in [6, 6.07) is 19.5. The number of hydrogen-bond donors (Lipinski definition) is 1. The Morgan fingerprint density at radius 2 is 1.57 bits per heavy atom. The SMILES string of the molecule is Cc1ccc(C(C)(C)C)cc1N1Cc2nn(-c3c(C)cccc3C)c(-c3ccc(C(N)=O)cc3)c2C1=O. The monoisotopic (exact) mass is 492 g/mol. The standard InChI is InChI=1S/C31H32N4O2/c1-18-10-15-23(31(4,5)6)16-25(18)34-17-24-26(30(34)37)28(21-11-13-22(14-12-21)29(32)36)35(33-24)27-19(2)8-7-9-20(27)3/h7-16H,17H2,1-6H3,(H2,32,36). The average molecular weight is 493 g/mol. The Balaban J connectivity index is 1.70. The largest absolute Gasteiger partial charge is 0.366 e. The lowest BCUT2D eigenvalue weighted by atomic mass is 9.86. The average Bonchev–Trinajstić information content (AvgIpc) is 3.35. The minimum absolute atomic E-state index is 0.0373. The van der Waals surface area contributed by atoms with Gasteiger partial charge in [0.1, 0.15) is 0 Å². The van der Waals surface area contributed by atoms with E-state index >= 15 is 0 Å². The number of nitrogens with two attached hydrogens (primary N) is 1. The predicted molar refractivity (Wildman–Crippen MR) is 147 cm³/mol. The Bertz CT molecular complexity index is 1540.